The lowest BCUT2D eigenvalue weighted by molar-refractivity contribution is 0.0951. The number of sulfonamides is 1. The molecule has 0 spiro atoms. The molecule has 7 nitrogen and oxygen atoms in total. The Bertz CT molecular complexity index is 1520. The van der Waals surface area contributed by atoms with E-state index in [-0.39, 0.29) is 22.0 Å². The molecule has 5 aromatic rings. The number of benzene rings is 2. The van der Waals surface area contributed by atoms with Gasteiger partial charge in [-0.3, -0.25) is 9.52 Å². The van der Waals surface area contributed by atoms with Crippen LogP contribution in [-0.2, 0) is 16.6 Å². The second-order valence-electron chi connectivity index (χ2n) is 7.09. The normalized spacial score (nSPS) is 11.5. The van der Waals surface area contributed by atoms with E-state index in [4.69, 9.17) is 4.42 Å². The summed E-state index contributed by atoms with van der Waals surface area (Å²) in [6.45, 7) is 0.137. The molecule has 2 N–H and O–H groups in total. The van der Waals surface area contributed by atoms with Crippen LogP contribution >= 0.6 is 22.7 Å². The Morgan fingerprint density at radius 2 is 1.73 bits per heavy atom. The number of hydrogen-bond donors (Lipinski definition) is 2. The standard InChI is InChI=1S/C23H17N3O4S3/c27-22(24-13-17-14-30-23(25-17)20-7-3-9-31-20)18-11-15-5-1-2-6-16(15)12-19(18)26-33(28,29)21-8-4-10-32-21/h1-12,14,26H,13H2,(H,24,27). The Balaban J connectivity index is 1.42. The first-order valence-electron chi connectivity index (χ1n) is 9.85. The minimum Gasteiger partial charge on any atom is -0.443 e. The van der Waals surface area contributed by atoms with Crippen molar-refractivity contribution in [3.63, 3.8) is 0 Å². The van der Waals surface area contributed by atoms with Crippen LogP contribution in [0.1, 0.15) is 16.1 Å². The molecule has 0 atom stereocenters. The highest BCUT2D eigenvalue weighted by Gasteiger charge is 2.21. The predicted octanol–water partition coefficient (Wildman–Crippen LogP) is 5.35. The van der Waals surface area contributed by atoms with Gasteiger partial charge in [-0.05, 0) is 45.8 Å². The Hall–Kier alpha value is -3.47. The van der Waals surface area contributed by atoms with Gasteiger partial charge >= 0.3 is 0 Å². The summed E-state index contributed by atoms with van der Waals surface area (Å²) >= 11 is 2.62. The Morgan fingerprint density at radius 1 is 0.970 bits per heavy atom. The topological polar surface area (TPSA) is 101 Å². The molecule has 0 aliphatic carbocycles. The maximum Gasteiger partial charge on any atom is 0.271 e. The molecule has 0 radical (unpaired) electrons. The van der Waals surface area contributed by atoms with Gasteiger partial charge in [0.05, 0.1) is 28.4 Å². The second-order valence-corrected chi connectivity index (χ2v) is 10.9. The third-order valence-corrected chi connectivity index (χ3v) is 8.47. The first-order chi connectivity index (χ1) is 16.0. The second kappa shape index (κ2) is 8.81. The van der Waals surface area contributed by atoms with E-state index in [2.05, 4.69) is 15.0 Å². The van der Waals surface area contributed by atoms with Crippen LogP contribution in [0.3, 0.4) is 0 Å². The zero-order valence-corrected chi connectivity index (χ0v) is 19.5. The van der Waals surface area contributed by atoms with Gasteiger partial charge in [0.1, 0.15) is 10.5 Å². The van der Waals surface area contributed by atoms with Gasteiger partial charge in [-0.1, -0.05) is 36.4 Å². The molecule has 0 bridgehead atoms. The molecule has 10 heteroatoms. The van der Waals surface area contributed by atoms with Crippen molar-refractivity contribution >= 4 is 55.1 Å². The van der Waals surface area contributed by atoms with E-state index in [1.165, 1.54) is 23.7 Å². The van der Waals surface area contributed by atoms with Gasteiger partial charge < -0.3 is 9.73 Å². The van der Waals surface area contributed by atoms with Gasteiger partial charge in [-0.25, -0.2) is 13.4 Å². The first-order valence-corrected chi connectivity index (χ1v) is 13.1. The van der Waals surface area contributed by atoms with E-state index < -0.39 is 15.9 Å². The van der Waals surface area contributed by atoms with Crippen LogP contribution in [0, 0.1) is 0 Å². The average molecular weight is 496 g/mol. The summed E-state index contributed by atoms with van der Waals surface area (Å²) in [7, 11) is -3.82. The van der Waals surface area contributed by atoms with E-state index in [1.54, 1.807) is 23.6 Å². The highest BCUT2D eigenvalue weighted by Crippen LogP contribution is 2.28. The lowest BCUT2D eigenvalue weighted by atomic mass is 10.0. The molecule has 0 saturated carbocycles. The Labute approximate surface area is 197 Å². The number of aromatic nitrogens is 1. The van der Waals surface area contributed by atoms with E-state index in [9.17, 15) is 13.2 Å². The lowest BCUT2D eigenvalue weighted by Gasteiger charge is -2.13. The number of anilines is 1. The fourth-order valence-corrected chi connectivity index (χ4v) is 6.01. The van der Waals surface area contributed by atoms with Crippen molar-refractivity contribution in [1.82, 2.24) is 10.3 Å². The number of rotatable bonds is 7. The van der Waals surface area contributed by atoms with Crippen LogP contribution in [0.15, 0.2) is 86.3 Å². The van der Waals surface area contributed by atoms with Crippen molar-refractivity contribution in [1.29, 1.82) is 0 Å². The van der Waals surface area contributed by atoms with Crippen LogP contribution in [0.5, 0.6) is 0 Å². The summed E-state index contributed by atoms with van der Waals surface area (Å²) in [5.41, 5.74) is 0.989. The molecule has 0 fully saturated rings. The third kappa shape index (κ3) is 4.54. The number of fused-ring (bicyclic) bond motifs is 1. The molecule has 33 heavy (non-hydrogen) atoms. The van der Waals surface area contributed by atoms with E-state index in [0.717, 1.165) is 27.0 Å². The highest BCUT2D eigenvalue weighted by molar-refractivity contribution is 7.94. The average Bonchev–Trinajstić information content (AvgIpc) is 3.59. The molecule has 3 heterocycles. The van der Waals surface area contributed by atoms with Gasteiger partial charge in [0.25, 0.3) is 15.9 Å². The minimum atomic E-state index is -3.82. The number of carbonyl (C=O) groups is 1. The Morgan fingerprint density at radius 3 is 2.45 bits per heavy atom. The number of hydrogen-bond acceptors (Lipinski definition) is 7. The number of oxazole rings is 1. The van der Waals surface area contributed by atoms with Crippen molar-refractivity contribution in [2.75, 3.05) is 4.72 Å². The van der Waals surface area contributed by atoms with E-state index in [1.807, 2.05) is 41.8 Å². The number of carbonyl (C=O) groups excluding carboxylic acids is 1. The van der Waals surface area contributed by atoms with Crippen molar-refractivity contribution in [2.24, 2.45) is 0 Å². The zero-order valence-electron chi connectivity index (χ0n) is 17.0. The SMILES string of the molecule is O=C(NCc1coc(-c2cccs2)n1)c1cc2ccccc2cc1NS(=O)(=O)c1cccs1. The molecule has 1 amide bonds. The molecule has 2 aromatic carbocycles. The van der Waals surface area contributed by atoms with Crippen LogP contribution in [0.25, 0.3) is 21.5 Å². The summed E-state index contributed by atoms with van der Waals surface area (Å²) in [5, 5.41) is 8.06. The van der Waals surface area contributed by atoms with Crippen molar-refractivity contribution in [3.8, 4) is 10.8 Å². The monoisotopic (exact) mass is 495 g/mol. The molecular formula is C23H17N3O4S3. The molecule has 166 valence electrons. The first kappa shape index (κ1) is 21.4. The van der Waals surface area contributed by atoms with Gasteiger partial charge in [0, 0.05) is 0 Å². The largest absolute Gasteiger partial charge is 0.443 e. The molecule has 0 aliphatic rings. The maximum atomic E-state index is 13.1. The number of nitrogens with one attached hydrogen (secondary N) is 2. The fourth-order valence-electron chi connectivity index (χ4n) is 3.29. The summed E-state index contributed by atoms with van der Waals surface area (Å²) in [6, 6.07) is 17.8. The Kier molecular flexibility index (Phi) is 5.71. The molecular weight excluding hydrogens is 478 g/mol. The molecule has 3 aromatic heterocycles. The molecule has 0 saturated heterocycles. The van der Waals surface area contributed by atoms with Gasteiger partial charge in [-0.15, -0.1) is 22.7 Å². The fraction of sp³-hybridized carbons (Fsp3) is 0.0435. The summed E-state index contributed by atoms with van der Waals surface area (Å²) < 4.78 is 33.9. The third-order valence-electron chi connectivity index (χ3n) is 4.85. The predicted molar refractivity (Wildman–Crippen MR) is 130 cm³/mol. The van der Waals surface area contributed by atoms with Crippen LogP contribution in [-0.4, -0.2) is 19.3 Å². The van der Waals surface area contributed by atoms with Crippen LogP contribution in [0.2, 0.25) is 0 Å². The smallest absolute Gasteiger partial charge is 0.271 e. The molecule has 5 rings (SSSR count). The van der Waals surface area contributed by atoms with Crippen LogP contribution < -0.4 is 10.0 Å². The maximum absolute atomic E-state index is 13.1. The summed E-state index contributed by atoms with van der Waals surface area (Å²) in [4.78, 5) is 18.4. The summed E-state index contributed by atoms with van der Waals surface area (Å²) in [5.74, 6) is 0.0645. The van der Waals surface area contributed by atoms with Crippen LogP contribution in [0.4, 0.5) is 5.69 Å². The van der Waals surface area contributed by atoms with Crippen molar-refractivity contribution < 1.29 is 17.6 Å². The zero-order chi connectivity index (χ0) is 22.8. The summed E-state index contributed by atoms with van der Waals surface area (Å²) in [6.07, 6.45) is 1.50. The minimum absolute atomic E-state index is 0.137. The van der Waals surface area contributed by atoms with Crippen molar-refractivity contribution in [3.05, 3.63) is 88.9 Å². The van der Waals surface area contributed by atoms with Crippen molar-refractivity contribution in [2.45, 2.75) is 10.8 Å². The lowest BCUT2D eigenvalue weighted by Crippen LogP contribution is -2.25. The van der Waals surface area contributed by atoms with Gasteiger partial charge in [0.2, 0.25) is 5.89 Å². The molecule has 0 aliphatic heterocycles. The van der Waals surface area contributed by atoms with Gasteiger partial charge in [-0.2, -0.15) is 0 Å². The quantitative estimate of drug-likeness (QED) is 0.317. The molecule has 0 unspecified atom stereocenters. The highest BCUT2D eigenvalue weighted by atomic mass is 32.2. The number of amides is 1. The number of thiophene rings is 2. The van der Waals surface area contributed by atoms with Gasteiger partial charge in [0.15, 0.2) is 0 Å². The van der Waals surface area contributed by atoms with E-state index >= 15 is 0 Å². The van der Waals surface area contributed by atoms with E-state index in [0.29, 0.717) is 11.6 Å². The number of nitrogens with zero attached hydrogens (tertiary/aromatic N) is 1.